The van der Waals surface area contributed by atoms with Gasteiger partial charge in [0.15, 0.2) is 6.10 Å². The molecule has 6 nitrogen and oxygen atoms in total. The molecule has 0 spiro atoms. The summed E-state index contributed by atoms with van der Waals surface area (Å²) in [6.45, 7) is 6.37. The van der Waals surface area contributed by atoms with Crippen LogP contribution >= 0.6 is 0 Å². The van der Waals surface area contributed by atoms with E-state index in [1.54, 1.807) is 0 Å². The van der Waals surface area contributed by atoms with Crippen LogP contribution in [0.25, 0.3) is 0 Å². The highest BCUT2D eigenvalue weighted by Gasteiger charge is 2.19. The molecule has 0 aromatic rings. The lowest BCUT2D eigenvalue weighted by Gasteiger charge is -2.18. The third-order valence-electron chi connectivity index (χ3n) is 12.5. The van der Waals surface area contributed by atoms with Gasteiger partial charge in [0, 0.05) is 19.3 Å². The summed E-state index contributed by atoms with van der Waals surface area (Å²) in [4.78, 5) is 38.3. The molecule has 0 aliphatic rings. The number of rotatable bonds is 53. The Kier molecular flexibility index (Phi) is 56.9. The van der Waals surface area contributed by atoms with E-state index >= 15 is 0 Å². The first-order valence-electron chi connectivity index (χ1n) is 30.0. The molecular formula is C67H110O6. The molecule has 0 amide bonds. The van der Waals surface area contributed by atoms with Crippen molar-refractivity contribution in [1.82, 2.24) is 0 Å². The van der Waals surface area contributed by atoms with Crippen molar-refractivity contribution in [3.8, 4) is 0 Å². The minimum atomic E-state index is -0.812. The smallest absolute Gasteiger partial charge is 0.306 e. The van der Waals surface area contributed by atoms with Crippen LogP contribution in [-0.2, 0) is 28.6 Å². The van der Waals surface area contributed by atoms with Crippen molar-refractivity contribution in [2.75, 3.05) is 13.2 Å². The Morgan fingerprint density at radius 1 is 0.288 bits per heavy atom. The summed E-state index contributed by atoms with van der Waals surface area (Å²) < 4.78 is 16.9. The van der Waals surface area contributed by atoms with Gasteiger partial charge >= 0.3 is 17.9 Å². The molecule has 0 saturated carbocycles. The van der Waals surface area contributed by atoms with Crippen LogP contribution in [0.3, 0.4) is 0 Å². The Morgan fingerprint density at radius 2 is 0.534 bits per heavy atom. The quantitative estimate of drug-likeness (QED) is 0.0261. The molecule has 0 N–H and O–H groups in total. The van der Waals surface area contributed by atoms with Crippen molar-refractivity contribution in [2.45, 2.75) is 271 Å². The van der Waals surface area contributed by atoms with E-state index in [4.69, 9.17) is 14.2 Å². The maximum atomic E-state index is 12.9. The second-order valence-corrected chi connectivity index (χ2v) is 19.5. The molecule has 0 fully saturated rings. The zero-order valence-electron chi connectivity index (χ0n) is 47.4. The molecule has 0 saturated heterocycles. The number of carbonyl (C=O) groups excluding carboxylic acids is 3. The summed E-state index contributed by atoms with van der Waals surface area (Å²) in [5, 5.41) is 0. The monoisotopic (exact) mass is 1010 g/mol. The van der Waals surface area contributed by atoms with Gasteiger partial charge in [-0.1, -0.05) is 258 Å². The van der Waals surface area contributed by atoms with Crippen LogP contribution in [-0.4, -0.2) is 37.2 Å². The van der Waals surface area contributed by atoms with Gasteiger partial charge in [-0.15, -0.1) is 0 Å². The Morgan fingerprint density at radius 3 is 0.836 bits per heavy atom. The molecule has 0 bridgehead atoms. The lowest BCUT2D eigenvalue weighted by atomic mass is 10.0. The van der Waals surface area contributed by atoms with Gasteiger partial charge in [-0.3, -0.25) is 14.4 Å². The Labute approximate surface area is 450 Å². The second-order valence-electron chi connectivity index (χ2n) is 19.5. The van der Waals surface area contributed by atoms with Gasteiger partial charge in [0.25, 0.3) is 0 Å². The molecule has 0 aliphatic heterocycles. The van der Waals surface area contributed by atoms with Crippen LogP contribution in [0.4, 0.5) is 0 Å². The van der Waals surface area contributed by atoms with Gasteiger partial charge in [-0.2, -0.15) is 0 Å². The molecule has 0 heterocycles. The Bertz CT molecular complexity index is 1540. The number of allylic oxidation sites excluding steroid dienone is 20. The predicted octanol–water partition coefficient (Wildman–Crippen LogP) is 20.4. The van der Waals surface area contributed by atoms with Crippen LogP contribution in [0.1, 0.15) is 265 Å². The molecule has 73 heavy (non-hydrogen) atoms. The number of hydrogen-bond donors (Lipinski definition) is 0. The highest BCUT2D eigenvalue weighted by atomic mass is 16.6. The largest absolute Gasteiger partial charge is 0.462 e. The van der Waals surface area contributed by atoms with Crippen molar-refractivity contribution in [1.29, 1.82) is 0 Å². The first kappa shape index (κ1) is 68.8. The predicted molar refractivity (Wildman–Crippen MR) is 316 cm³/mol. The van der Waals surface area contributed by atoms with Crippen molar-refractivity contribution >= 4 is 17.9 Å². The van der Waals surface area contributed by atoms with Crippen LogP contribution in [0.2, 0.25) is 0 Å². The van der Waals surface area contributed by atoms with Crippen LogP contribution < -0.4 is 0 Å². The van der Waals surface area contributed by atoms with E-state index in [2.05, 4.69) is 142 Å². The van der Waals surface area contributed by atoms with E-state index in [0.29, 0.717) is 12.8 Å². The Hall–Kier alpha value is -4.19. The maximum Gasteiger partial charge on any atom is 0.306 e. The van der Waals surface area contributed by atoms with E-state index in [0.717, 1.165) is 135 Å². The van der Waals surface area contributed by atoms with E-state index in [9.17, 15) is 14.4 Å². The lowest BCUT2D eigenvalue weighted by molar-refractivity contribution is -0.167. The fraction of sp³-hybridized carbons (Fsp3) is 0.657. The second kappa shape index (κ2) is 60.4. The highest BCUT2D eigenvalue weighted by molar-refractivity contribution is 5.71. The molecule has 0 rings (SSSR count). The van der Waals surface area contributed by atoms with E-state index in [1.165, 1.54) is 89.9 Å². The van der Waals surface area contributed by atoms with E-state index in [-0.39, 0.29) is 37.5 Å². The van der Waals surface area contributed by atoms with Crippen LogP contribution in [0, 0.1) is 0 Å². The van der Waals surface area contributed by atoms with Gasteiger partial charge in [0.2, 0.25) is 0 Å². The lowest BCUT2D eigenvalue weighted by Crippen LogP contribution is -2.30. The third-order valence-corrected chi connectivity index (χ3v) is 12.5. The summed E-state index contributed by atoms with van der Waals surface area (Å²) in [5.41, 5.74) is 0. The van der Waals surface area contributed by atoms with Gasteiger partial charge in [0.05, 0.1) is 0 Å². The number of esters is 3. The maximum absolute atomic E-state index is 12.9. The molecule has 1 atom stereocenters. The Balaban J connectivity index is 4.52. The van der Waals surface area contributed by atoms with Crippen molar-refractivity contribution in [3.63, 3.8) is 0 Å². The van der Waals surface area contributed by atoms with E-state index < -0.39 is 6.10 Å². The molecule has 414 valence electrons. The summed E-state index contributed by atoms with van der Waals surface area (Å²) >= 11 is 0. The summed E-state index contributed by atoms with van der Waals surface area (Å²) in [6, 6.07) is 0. The van der Waals surface area contributed by atoms with Crippen molar-refractivity contribution in [3.05, 3.63) is 122 Å². The third kappa shape index (κ3) is 58.6. The number of unbranched alkanes of at least 4 members (excludes halogenated alkanes) is 22. The fourth-order valence-corrected chi connectivity index (χ4v) is 8.03. The van der Waals surface area contributed by atoms with Crippen molar-refractivity contribution in [2.24, 2.45) is 0 Å². The van der Waals surface area contributed by atoms with Crippen molar-refractivity contribution < 1.29 is 28.6 Å². The molecular weight excluding hydrogens is 901 g/mol. The SMILES string of the molecule is CC/C=C\C/C=C\C/C=C\C/C=C\C/C=C\CCCCCC(=O)OC[C@H](COC(=O)CCCCCCCCCCCCCCCCCCC)OC(=O)CCCCC/C=C\C/C=C\C/C=C\C/C=C\C/C=C\CC. The number of carbonyl (C=O) groups is 3. The first-order chi connectivity index (χ1) is 36.0. The average Bonchev–Trinajstić information content (AvgIpc) is 3.39. The van der Waals surface area contributed by atoms with E-state index in [1.807, 2.05) is 0 Å². The number of hydrogen-bond acceptors (Lipinski definition) is 6. The minimum Gasteiger partial charge on any atom is -0.462 e. The topological polar surface area (TPSA) is 78.9 Å². The fourth-order valence-electron chi connectivity index (χ4n) is 8.03. The van der Waals surface area contributed by atoms with Gasteiger partial charge in [0.1, 0.15) is 13.2 Å². The normalized spacial score (nSPS) is 13.0. The van der Waals surface area contributed by atoms with Gasteiger partial charge in [-0.25, -0.2) is 0 Å². The zero-order chi connectivity index (χ0) is 52.9. The standard InChI is InChI=1S/C67H110O6/c1-4-7-10-13-16-19-22-25-28-31-33-36-39-42-45-48-51-54-57-60-66(69)72-63-64(62-71-65(68)59-56-53-50-47-44-41-38-35-30-27-24-21-18-15-12-9-6-3)73-67(70)61-58-55-52-49-46-43-40-37-34-32-29-26-23-20-17-14-11-8-5-2/h7-8,10-11,16-17,19-20,25-26,28-29,33-34,36-37,42-43,45-46,64H,4-6,9,12-15,18,21-24,27,30-32,35,38-41,44,47-63H2,1-3H3/b10-7-,11-8-,19-16-,20-17-,28-25-,29-26-,36-33-,37-34-,45-42-,46-43-/t64-/m0/s1. The summed E-state index contributed by atoms with van der Waals surface area (Å²) in [7, 11) is 0. The first-order valence-corrected chi connectivity index (χ1v) is 30.0. The minimum absolute atomic E-state index is 0.103. The molecule has 0 aromatic carbocycles. The zero-order valence-corrected chi connectivity index (χ0v) is 47.4. The summed E-state index contributed by atoms with van der Waals surface area (Å²) in [5.74, 6) is -0.966. The average molecular weight is 1010 g/mol. The summed E-state index contributed by atoms with van der Waals surface area (Å²) in [6.07, 6.45) is 83.3. The molecule has 0 aliphatic carbocycles. The molecule has 0 unspecified atom stereocenters. The molecule has 0 aromatic heterocycles. The highest BCUT2D eigenvalue weighted by Crippen LogP contribution is 2.15. The van der Waals surface area contributed by atoms with Crippen LogP contribution in [0.15, 0.2) is 122 Å². The van der Waals surface area contributed by atoms with Gasteiger partial charge in [-0.05, 0) is 109 Å². The van der Waals surface area contributed by atoms with Gasteiger partial charge < -0.3 is 14.2 Å². The molecule has 0 radical (unpaired) electrons. The number of ether oxygens (including phenoxy) is 3. The van der Waals surface area contributed by atoms with Crippen LogP contribution in [0.5, 0.6) is 0 Å². The molecule has 6 heteroatoms.